The van der Waals surface area contributed by atoms with Gasteiger partial charge in [-0.05, 0) is 24.1 Å². The molecule has 0 bridgehead atoms. The van der Waals surface area contributed by atoms with Crippen molar-refractivity contribution in [3.63, 3.8) is 0 Å². The van der Waals surface area contributed by atoms with Gasteiger partial charge >= 0.3 is 0 Å². The number of amides is 2. The smallest absolute Gasteiger partial charge is 0.268 e. The van der Waals surface area contributed by atoms with Gasteiger partial charge in [-0.1, -0.05) is 30.3 Å². The van der Waals surface area contributed by atoms with E-state index in [2.05, 4.69) is 25.6 Å². The van der Waals surface area contributed by atoms with Gasteiger partial charge in [0.15, 0.2) is 0 Å². The summed E-state index contributed by atoms with van der Waals surface area (Å²) in [7, 11) is 0. The second kappa shape index (κ2) is 8.45. The molecule has 144 valence electrons. The van der Waals surface area contributed by atoms with Gasteiger partial charge in [-0.25, -0.2) is 9.97 Å². The zero-order valence-electron chi connectivity index (χ0n) is 15.6. The quantitative estimate of drug-likeness (QED) is 0.523. The lowest BCUT2D eigenvalue weighted by atomic mass is 10.1. The molecule has 0 saturated carbocycles. The van der Waals surface area contributed by atoms with Gasteiger partial charge < -0.3 is 15.4 Å². The first-order valence-electron chi connectivity index (χ1n) is 8.74. The molecule has 0 saturated heterocycles. The highest BCUT2D eigenvalue weighted by molar-refractivity contribution is 5.94. The van der Waals surface area contributed by atoms with Crippen LogP contribution < -0.4 is 10.6 Å². The van der Waals surface area contributed by atoms with E-state index in [0.717, 1.165) is 11.1 Å². The molecule has 4 N–H and O–H groups in total. The Bertz CT molecular complexity index is 985. The Balaban J connectivity index is 1.80. The number of carbonyl (C=O) groups is 2. The molecule has 0 aliphatic carbocycles. The van der Waals surface area contributed by atoms with Crippen LogP contribution in [0.2, 0.25) is 0 Å². The van der Waals surface area contributed by atoms with Gasteiger partial charge in [0.2, 0.25) is 11.9 Å². The van der Waals surface area contributed by atoms with Crippen LogP contribution in [0.5, 0.6) is 0 Å². The Labute approximate surface area is 162 Å². The highest BCUT2D eigenvalue weighted by Crippen LogP contribution is 2.23. The molecule has 0 aliphatic rings. The van der Waals surface area contributed by atoms with Crippen LogP contribution in [-0.4, -0.2) is 38.5 Å². The van der Waals surface area contributed by atoms with E-state index in [4.69, 9.17) is 0 Å². The lowest BCUT2D eigenvalue weighted by Gasteiger charge is -2.16. The lowest BCUT2D eigenvalue weighted by Crippen LogP contribution is -2.30. The summed E-state index contributed by atoms with van der Waals surface area (Å²) >= 11 is 0. The number of nitrogens with zero attached hydrogens (tertiary/aromatic N) is 2. The predicted molar refractivity (Wildman–Crippen MR) is 105 cm³/mol. The third-order valence-electron chi connectivity index (χ3n) is 4.15. The molecular weight excluding hydrogens is 358 g/mol. The number of hydrogen-bond acceptors (Lipinski definition) is 5. The summed E-state index contributed by atoms with van der Waals surface area (Å²) in [5.41, 5.74) is 3.26. The minimum atomic E-state index is -0.507. The molecule has 1 aromatic carbocycles. The molecule has 8 nitrogen and oxygen atoms in total. The molecule has 1 unspecified atom stereocenters. The summed E-state index contributed by atoms with van der Waals surface area (Å²) in [6.07, 6.45) is 3.27. The first-order valence-corrected chi connectivity index (χ1v) is 8.74. The summed E-state index contributed by atoms with van der Waals surface area (Å²) in [5, 5.41) is 15.0. The summed E-state index contributed by atoms with van der Waals surface area (Å²) in [6.45, 7) is 3.01. The minimum Gasteiger partial charge on any atom is -0.394 e. The zero-order chi connectivity index (χ0) is 20.1. The fourth-order valence-corrected chi connectivity index (χ4v) is 2.77. The van der Waals surface area contributed by atoms with E-state index in [9.17, 15) is 14.7 Å². The topological polar surface area (TPSA) is 120 Å². The SMILES string of the molecule is CC(=O)Nc1ncc(C)c(-c2c[nH]c(C(=O)NC(CO)c3ccccc3)c2)n1. The Morgan fingerprint density at radius 1 is 1.25 bits per heavy atom. The molecule has 0 fully saturated rings. The Morgan fingerprint density at radius 3 is 2.68 bits per heavy atom. The molecule has 28 heavy (non-hydrogen) atoms. The highest BCUT2D eigenvalue weighted by atomic mass is 16.3. The summed E-state index contributed by atoms with van der Waals surface area (Å²) < 4.78 is 0. The molecule has 2 aromatic heterocycles. The lowest BCUT2D eigenvalue weighted by molar-refractivity contribution is -0.114. The van der Waals surface area contributed by atoms with Gasteiger partial charge in [0, 0.05) is 24.9 Å². The molecule has 3 aromatic rings. The largest absolute Gasteiger partial charge is 0.394 e. The van der Waals surface area contributed by atoms with Gasteiger partial charge in [-0.3, -0.25) is 14.9 Å². The predicted octanol–water partition coefficient (Wildman–Crippen LogP) is 2.20. The van der Waals surface area contributed by atoms with E-state index in [1.807, 2.05) is 37.3 Å². The van der Waals surface area contributed by atoms with Gasteiger partial charge in [0.1, 0.15) is 5.69 Å². The van der Waals surface area contributed by atoms with Gasteiger partial charge in [0.25, 0.3) is 5.91 Å². The third-order valence-corrected chi connectivity index (χ3v) is 4.15. The van der Waals surface area contributed by atoms with Crippen LogP contribution in [0.3, 0.4) is 0 Å². The van der Waals surface area contributed by atoms with E-state index in [-0.39, 0.29) is 24.4 Å². The number of aryl methyl sites for hydroxylation is 1. The summed E-state index contributed by atoms with van der Waals surface area (Å²) in [5.74, 6) is -0.410. The molecule has 0 spiro atoms. The van der Waals surface area contributed by atoms with Crippen LogP contribution in [0, 0.1) is 6.92 Å². The number of carbonyl (C=O) groups excluding carboxylic acids is 2. The van der Waals surface area contributed by atoms with E-state index < -0.39 is 6.04 Å². The first-order chi connectivity index (χ1) is 13.5. The van der Waals surface area contributed by atoms with Crippen LogP contribution in [0.1, 0.15) is 34.6 Å². The van der Waals surface area contributed by atoms with Crippen LogP contribution in [0.15, 0.2) is 48.8 Å². The number of nitrogens with one attached hydrogen (secondary N) is 3. The van der Waals surface area contributed by atoms with Gasteiger partial charge in [-0.15, -0.1) is 0 Å². The minimum absolute atomic E-state index is 0.199. The number of rotatable bonds is 6. The molecule has 0 aliphatic heterocycles. The van der Waals surface area contributed by atoms with E-state index in [1.54, 1.807) is 18.5 Å². The van der Waals surface area contributed by atoms with Crippen molar-refractivity contribution in [1.82, 2.24) is 20.3 Å². The fourth-order valence-electron chi connectivity index (χ4n) is 2.77. The maximum absolute atomic E-state index is 12.6. The Morgan fingerprint density at radius 2 is 2.00 bits per heavy atom. The van der Waals surface area contributed by atoms with E-state index in [1.165, 1.54) is 6.92 Å². The van der Waals surface area contributed by atoms with Crippen LogP contribution >= 0.6 is 0 Å². The van der Waals surface area contributed by atoms with Crippen molar-refractivity contribution < 1.29 is 14.7 Å². The maximum Gasteiger partial charge on any atom is 0.268 e. The highest BCUT2D eigenvalue weighted by Gasteiger charge is 2.17. The normalized spacial score (nSPS) is 11.7. The standard InChI is InChI=1S/C20H21N5O3/c1-12-9-22-20(23-13(2)27)25-18(12)15-8-16(21-10-15)19(28)24-17(11-26)14-6-4-3-5-7-14/h3-10,17,21,26H,11H2,1-2H3,(H,24,28)(H,22,23,25,27). The van der Waals surface area contributed by atoms with Crippen molar-refractivity contribution in [2.24, 2.45) is 0 Å². The molecule has 0 radical (unpaired) electrons. The number of H-pyrrole nitrogens is 1. The monoisotopic (exact) mass is 379 g/mol. The Hall–Kier alpha value is -3.52. The van der Waals surface area contributed by atoms with Crippen molar-refractivity contribution >= 4 is 17.8 Å². The van der Waals surface area contributed by atoms with E-state index in [0.29, 0.717) is 17.0 Å². The van der Waals surface area contributed by atoms with Gasteiger partial charge in [-0.2, -0.15) is 0 Å². The number of aromatic amines is 1. The molecular formula is C20H21N5O3. The maximum atomic E-state index is 12.6. The van der Waals surface area contributed by atoms with Crippen molar-refractivity contribution in [2.45, 2.75) is 19.9 Å². The number of anilines is 1. The van der Waals surface area contributed by atoms with Crippen LogP contribution in [0.25, 0.3) is 11.3 Å². The van der Waals surface area contributed by atoms with Crippen LogP contribution in [-0.2, 0) is 4.79 Å². The number of hydrogen-bond donors (Lipinski definition) is 4. The number of aromatic nitrogens is 3. The van der Waals surface area contributed by atoms with Crippen molar-refractivity contribution in [3.8, 4) is 11.3 Å². The molecule has 3 rings (SSSR count). The summed E-state index contributed by atoms with van der Waals surface area (Å²) in [4.78, 5) is 35.1. The zero-order valence-corrected chi connectivity index (χ0v) is 15.6. The van der Waals surface area contributed by atoms with Gasteiger partial charge in [0.05, 0.1) is 18.3 Å². The Kier molecular flexibility index (Phi) is 5.81. The number of benzene rings is 1. The average Bonchev–Trinajstić information content (AvgIpc) is 3.18. The fraction of sp³-hybridized carbons (Fsp3) is 0.200. The van der Waals surface area contributed by atoms with Crippen LogP contribution in [0.4, 0.5) is 5.95 Å². The molecule has 2 heterocycles. The molecule has 2 amide bonds. The first kappa shape index (κ1) is 19.2. The number of aliphatic hydroxyl groups is 1. The number of aliphatic hydroxyl groups excluding tert-OH is 1. The third kappa shape index (κ3) is 4.41. The van der Waals surface area contributed by atoms with Crippen molar-refractivity contribution in [3.05, 3.63) is 65.6 Å². The van der Waals surface area contributed by atoms with Crippen molar-refractivity contribution in [2.75, 3.05) is 11.9 Å². The molecule has 8 heteroatoms. The van der Waals surface area contributed by atoms with E-state index >= 15 is 0 Å². The van der Waals surface area contributed by atoms with Crippen molar-refractivity contribution in [1.29, 1.82) is 0 Å². The second-order valence-corrected chi connectivity index (χ2v) is 6.33. The second-order valence-electron chi connectivity index (χ2n) is 6.33. The average molecular weight is 379 g/mol. The summed E-state index contributed by atoms with van der Waals surface area (Å²) in [6, 6.07) is 10.4. The molecule has 1 atom stereocenters.